The zero-order valence-corrected chi connectivity index (χ0v) is 6.43. The summed E-state index contributed by atoms with van der Waals surface area (Å²) in [4.78, 5) is 0. The Kier molecular flexibility index (Phi) is 1.12. The zero-order chi connectivity index (χ0) is 6.43. The maximum Gasteiger partial charge on any atom is -0.0383 e. The largest absolute Gasteiger partial charge is 0.0620 e. The number of hydrogen-bond acceptors (Lipinski definition) is 0. The van der Waals surface area contributed by atoms with Gasteiger partial charge in [-0.3, -0.25) is 0 Å². The molecule has 9 heavy (non-hydrogen) atoms. The second-order valence-electron chi connectivity index (χ2n) is 4.05. The van der Waals surface area contributed by atoms with Crippen molar-refractivity contribution in [3.05, 3.63) is 0 Å². The Morgan fingerprint density at radius 1 is 0.889 bits per heavy atom. The lowest BCUT2D eigenvalue weighted by molar-refractivity contribution is 0.259. The van der Waals surface area contributed by atoms with Gasteiger partial charge in [0.25, 0.3) is 0 Å². The van der Waals surface area contributed by atoms with Crippen LogP contribution in [0.2, 0.25) is 0 Å². The van der Waals surface area contributed by atoms with E-state index < -0.39 is 0 Å². The van der Waals surface area contributed by atoms with E-state index in [1.807, 2.05) is 0 Å². The van der Waals surface area contributed by atoms with Gasteiger partial charge < -0.3 is 0 Å². The van der Waals surface area contributed by atoms with Gasteiger partial charge in [0.05, 0.1) is 0 Å². The van der Waals surface area contributed by atoms with Crippen molar-refractivity contribution >= 4 is 0 Å². The zero-order valence-electron chi connectivity index (χ0n) is 6.43. The van der Waals surface area contributed by atoms with Crippen molar-refractivity contribution in [3.8, 4) is 0 Å². The van der Waals surface area contributed by atoms with Crippen LogP contribution in [0.25, 0.3) is 0 Å². The first-order valence-electron chi connectivity index (χ1n) is 4.29. The second-order valence-corrected chi connectivity index (χ2v) is 4.05. The molecule has 0 aromatic rings. The molecule has 0 nitrogen and oxygen atoms in total. The minimum absolute atomic E-state index is 1.05. The van der Waals surface area contributed by atoms with Gasteiger partial charge in [-0.15, -0.1) is 0 Å². The highest BCUT2D eigenvalue weighted by Gasteiger charge is 2.42. The molecule has 0 saturated heterocycles. The Morgan fingerprint density at radius 2 is 1.33 bits per heavy atom. The van der Waals surface area contributed by atoms with Crippen molar-refractivity contribution in [3.63, 3.8) is 0 Å². The van der Waals surface area contributed by atoms with Crippen molar-refractivity contribution in [2.75, 3.05) is 0 Å². The Morgan fingerprint density at radius 3 is 1.56 bits per heavy atom. The van der Waals surface area contributed by atoms with Crippen molar-refractivity contribution in [1.82, 2.24) is 0 Å². The third-order valence-electron chi connectivity index (χ3n) is 3.83. The molecule has 0 amide bonds. The van der Waals surface area contributed by atoms with Gasteiger partial charge in [0.2, 0.25) is 0 Å². The molecule has 2 aliphatic carbocycles. The predicted molar refractivity (Wildman–Crippen MR) is 39.2 cm³/mol. The van der Waals surface area contributed by atoms with E-state index in [1.54, 1.807) is 6.42 Å². The van der Waals surface area contributed by atoms with Crippen LogP contribution in [0.4, 0.5) is 0 Å². The SMILES string of the molecule is C[C@@H]1[C@@H]2CC[C@@H](C2)[C@H]1C. The van der Waals surface area contributed by atoms with E-state index >= 15 is 0 Å². The lowest BCUT2D eigenvalue weighted by atomic mass is 9.82. The summed E-state index contributed by atoms with van der Waals surface area (Å²) in [6.45, 7) is 4.88. The first-order chi connectivity index (χ1) is 4.29. The fraction of sp³-hybridized carbons (Fsp3) is 1.00. The molecule has 0 heterocycles. The van der Waals surface area contributed by atoms with Crippen LogP contribution >= 0.6 is 0 Å². The van der Waals surface area contributed by atoms with Crippen LogP contribution in [-0.2, 0) is 0 Å². The first kappa shape index (κ1) is 5.76. The molecule has 0 spiro atoms. The average Bonchev–Trinajstić information content (AvgIpc) is 2.37. The maximum absolute atomic E-state index is 2.44. The summed E-state index contributed by atoms with van der Waals surface area (Å²) in [5.74, 6) is 4.32. The molecular weight excluding hydrogens is 108 g/mol. The average molecular weight is 124 g/mol. The summed E-state index contributed by atoms with van der Waals surface area (Å²) in [5.41, 5.74) is 0. The second kappa shape index (κ2) is 1.74. The Bertz CT molecular complexity index is 99.2. The highest BCUT2D eigenvalue weighted by atomic mass is 14.5. The van der Waals surface area contributed by atoms with Crippen LogP contribution < -0.4 is 0 Å². The molecule has 4 atom stereocenters. The van der Waals surface area contributed by atoms with Crippen LogP contribution in [0.15, 0.2) is 0 Å². The van der Waals surface area contributed by atoms with E-state index in [4.69, 9.17) is 0 Å². The van der Waals surface area contributed by atoms with Gasteiger partial charge >= 0.3 is 0 Å². The molecule has 2 rings (SSSR count). The van der Waals surface area contributed by atoms with Gasteiger partial charge in [-0.1, -0.05) is 13.8 Å². The number of rotatable bonds is 0. The van der Waals surface area contributed by atoms with E-state index in [0.29, 0.717) is 0 Å². The molecule has 0 N–H and O–H groups in total. The summed E-state index contributed by atoms with van der Waals surface area (Å²) < 4.78 is 0. The summed E-state index contributed by atoms with van der Waals surface area (Å²) in [7, 11) is 0. The van der Waals surface area contributed by atoms with Crippen molar-refractivity contribution in [1.29, 1.82) is 0 Å². The third kappa shape index (κ3) is 0.653. The number of fused-ring (bicyclic) bond motifs is 2. The lowest BCUT2D eigenvalue weighted by Gasteiger charge is -2.24. The predicted octanol–water partition coefficient (Wildman–Crippen LogP) is 2.69. The number of hydrogen-bond donors (Lipinski definition) is 0. The molecule has 2 fully saturated rings. The highest BCUT2D eigenvalue weighted by molar-refractivity contribution is 4.92. The minimum Gasteiger partial charge on any atom is -0.0620 e. The van der Waals surface area contributed by atoms with Gasteiger partial charge in [-0.2, -0.15) is 0 Å². The van der Waals surface area contributed by atoms with E-state index in [-0.39, 0.29) is 0 Å². The molecule has 2 saturated carbocycles. The van der Waals surface area contributed by atoms with Crippen molar-refractivity contribution in [2.45, 2.75) is 33.1 Å². The fourth-order valence-electron chi connectivity index (χ4n) is 2.87. The van der Waals surface area contributed by atoms with E-state index in [0.717, 1.165) is 23.7 Å². The van der Waals surface area contributed by atoms with Crippen LogP contribution in [0, 0.1) is 23.7 Å². The molecule has 0 aromatic carbocycles. The lowest BCUT2D eigenvalue weighted by Crippen LogP contribution is -2.15. The maximum atomic E-state index is 2.44. The molecule has 0 heteroatoms. The molecule has 2 bridgehead atoms. The third-order valence-corrected chi connectivity index (χ3v) is 3.83. The topological polar surface area (TPSA) is 0 Å². The molecule has 0 radical (unpaired) electrons. The van der Waals surface area contributed by atoms with Crippen molar-refractivity contribution < 1.29 is 0 Å². The van der Waals surface area contributed by atoms with Gasteiger partial charge in [0.1, 0.15) is 0 Å². The molecular formula is C9H16. The van der Waals surface area contributed by atoms with Gasteiger partial charge in [0.15, 0.2) is 0 Å². The first-order valence-corrected chi connectivity index (χ1v) is 4.29. The molecule has 2 aliphatic rings. The van der Waals surface area contributed by atoms with Crippen LogP contribution in [0.1, 0.15) is 33.1 Å². The Balaban J connectivity index is 2.15. The smallest absolute Gasteiger partial charge is 0.0383 e. The summed E-state index contributed by atoms with van der Waals surface area (Å²) in [6, 6.07) is 0. The fourth-order valence-corrected chi connectivity index (χ4v) is 2.87. The van der Waals surface area contributed by atoms with Gasteiger partial charge in [-0.05, 0) is 42.9 Å². The Labute approximate surface area is 57.6 Å². The van der Waals surface area contributed by atoms with Crippen molar-refractivity contribution in [2.24, 2.45) is 23.7 Å². The van der Waals surface area contributed by atoms with Crippen LogP contribution in [-0.4, -0.2) is 0 Å². The Hall–Kier alpha value is 0. The van der Waals surface area contributed by atoms with Gasteiger partial charge in [-0.25, -0.2) is 0 Å². The van der Waals surface area contributed by atoms with Crippen LogP contribution in [0.3, 0.4) is 0 Å². The summed E-state index contributed by atoms with van der Waals surface area (Å²) in [6.07, 6.45) is 4.63. The normalized spacial score (nSPS) is 56.7. The quantitative estimate of drug-likeness (QED) is 0.465. The summed E-state index contributed by atoms with van der Waals surface area (Å²) >= 11 is 0. The molecule has 52 valence electrons. The molecule has 0 aromatic heterocycles. The minimum atomic E-state index is 1.05. The monoisotopic (exact) mass is 124 g/mol. The van der Waals surface area contributed by atoms with Crippen LogP contribution in [0.5, 0.6) is 0 Å². The standard InChI is InChI=1S/C9H16/c1-6-7(2)9-4-3-8(6)5-9/h6-9H,3-5H2,1-2H3/t6-,7-,8-,9+/m0/s1. The molecule has 0 aliphatic heterocycles. The van der Waals surface area contributed by atoms with E-state index in [9.17, 15) is 0 Å². The van der Waals surface area contributed by atoms with E-state index in [1.165, 1.54) is 12.8 Å². The molecule has 0 unspecified atom stereocenters. The van der Waals surface area contributed by atoms with Gasteiger partial charge in [0, 0.05) is 0 Å². The van der Waals surface area contributed by atoms with E-state index in [2.05, 4.69) is 13.8 Å². The highest BCUT2D eigenvalue weighted by Crippen LogP contribution is 2.51. The summed E-state index contributed by atoms with van der Waals surface area (Å²) in [5, 5.41) is 0.